The van der Waals surface area contributed by atoms with E-state index >= 15 is 0 Å². The van der Waals surface area contributed by atoms with Crippen LogP contribution in [0.2, 0.25) is 0 Å². The highest BCUT2D eigenvalue weighted by molar-refractivity contribution is 5.94. The summed E-state index contributed by atoms with van der Waals surface area (Å²) in [4.78, 5) is 11.7. The van der Waals surface area contributed by atoms with Gasteiger partial charge in [-0.1, -0.05) is 0 Å². The summed E-state index contributed by atoms with van der Waals surface area (Å²) in [5.41, 5.74) is 5.55. The third-order valence-corrected chi connectivity index (χ3v) is 2.33. The Morgan fingerprint density at radius 1 is 1.53 bits per heavy atom. The first-order valence-corrected chi connectivity index (χ1v) is 5.44. The van der Waals surface area contributed by atoms with Gasteiger partial charge in [0.25, 0.3) is 5.91 Å². The molecule has 4 N–H and O–H groups in total. The van der Waals surface area contributed by atoms with Crippen LogP contribution in [0.15, 0.2) is 18.2 Å². The molecule has 0 aromatic heterocycles. The maximum absolute atomic E-state index is 13.1. The van der Waals surface area contributed by atoms with E-state index < -0.39 is 11.9 Å². The Morgan fingerprint density at radius 3 is 2.71 bits per heavy atom. The number of nitrogen functional groups attached to an aromatic ring is 1. The molecule has 2 atom stereocenters. The molecule has 0 spiro atoms. The number of hydrogen-bond acceptors (Lipinski definition) is 3. The Morgan fingerprint density at radius 2 is 2.18 bits per heavy atom. The fourth-order valence-electron chi connectivity index (χ4n) is 1.55. The molecule has 1 aromatic carbocycles. The molecule has 0 saturated heterocycles. The number of benzene rings is 1. The fraction of sp³-hybridized carbons (Fsp3) is 0.417. The van der Waals surface area contributed by atoms with Crippen LogP contribution in [0, 0.1) is 5.82 Å². The van der Waals surface area contributed by atoms with Crippen molar-refractivity contribution in [3.63, 3.8) is 0 Å². The van der Waals surface area contributed by atoms with E-state index in [9.17, 15) is 9.18 Å². The lowest BCUT2D eigenvalue weighted by Gasteiger charge is -2.15. The van der Waals surface area contributed by atoms with Gasteiger partial charge in [0.1, 0.15) is 5.82 Å². The molecule has 0 aliphatic rings. The summed E-state index contributed by atoms with van der Waals surface area (Å²) in [6.45, 7) is 3.42. The van der Waals surface area contributed by atoms with Crippen LogP contribution in [-0.2, 0) is 0 Å². The standard InChI is InChI=1S/C12H17FN2O2/c1-7(5-8(2)16)15-12(17)9-3-4-11(14)10(13)6-9/h3-4,6-8,16H,5,14H2,1-2H3,(H,15,17). The molecular weight excluding hydrogens is 223 g/mol. The average Bonchev–Trinajstić information content (AvgIpc) is 2.20. The summed E-state index contributed by atoms with van der Waals surface area (Å²) in [5, 5.41) is 11.8. The minimum Gasteiger partial charge on any atom is -0.396 e. The molecule has 0 aliphatic heterocycles. The second-order valence-corrected chi connectivity index (χ2v) is 4.20. The van der Waals surface area contributed by atoms with Crippen LogP contribution in [0.4, 0.5) is 10.1 Å². The summed E-state index contributed by atoms with van der Waals surface area (Å²) >= 11 is 0. The zero-order valence-electron chi connectivity index (χ0n) is 9.90. The first kappa shape index (κ1) is 13.4. The third-order valence-electron chi connectivity index (χ3n) is 2.33. The van der Waals surface area contributed by atoms with Crippen molar-refractivity contribution in [3.05, 3.63) is 29.6 Å². The van der Waals surface area contributed by atoms with Gasteiger partial charge in [0.15, 0.2) is 0 Å². The lowest BCUT2D eigenvalue weighted by molar-refractivity contribution is 0.0922. The van der Waals surface area contributed by atoms with E-state index in [4.69, 9.17) is 10.8 Å². The van der Waals surface area contributed by atoms with Gasteiger partial charge in [-0.3, -0.25) is 4.79 Å². The number of amides is 1. The summed E-state index contributed by atoms with van der Waals surface area (Å²) in [6, 6.07) is 3.73. The van der Waals surface area contributed by atoms with Gasteiger partial charge in [0, 0.05) is 11.6 Å². The number of halogens is 1. The van der Waals surface area contributed by atoms with Crippen molar-refractivity contribution in [1.82, 2.24) is 5.32 Å². The van der Waals surface area contributed by atoms with Crippen LogP contribution in [0.1, 0.15) is 30.6 Å². The topological polar surface area (TPSA) is 75.3 Å². The molecule has 5 heteroatoms. The van der Waals surface area contributed by atoms with Gasteiger partial charge in [-0.2, -0.15) is 0 Å². The number of aliphatic hydroxyl groups excluding tert-OH is 1. The Hall–Kier alpha value is -1.62. The molecule has 1 rings (SSSR count). The quantitative estimate of drug-likeness (QED) is 0.694. The molecule has 94 valence electrons. The van der Waals surface area contributed by atoms with Crippen LogP contribution in [-0.4, -0.2) is 23.2 Å². The van der Waals surface area contributed by atoms with Crippen LogP contribution in [0.5, 0.6) is 0 Å². The van der Waals surface area contributed by atoms with Gasteiger partial charge in [0.2, 0.25) is 0 Å². The summed E-state index contributed by atoms with van der Waals surface area (Å²) in [6.07, 6.45) is -0.0446. The average molecular weight is 240 g/mol. The number of hydrogen-bond donors (Lipinski definition) is 3. The van der Waals surface area contributed by atoms with Gasteiger partial charge < -0.3 is 16.2 Å². The van der Waals surface area contributed by atoms with Crippen molar-refractivity contribution in [2.24, 2.45) is 0 Å². The minimum absolute atomic E-state index is 0.0126. The number of carbonyl (C=O) groups is 1. The van der Waals surface area contributed by atoms with E-state index in [-0.39, 0.29) is 23.2 Å². The molecule has 1 amide bonds. The number of nitrogens with one attached hydrogen (secondary N) is 1. The van der Waals surface area contributed by atoms with Gasteiger partial charge in [0.05, 0.1) is 11.8 Å². The predicted octanol–water partition coefficient (Wildman–Crippen LogP) is 1.30. The fourth-order valence-corrected chi connectivity index (χ4v) is 1.55. The van der Waals surface area contributed by atoms with E-state index in [1.165, 1.54) is 12.1 Å². The Balaban J connectivity index is 2.66. The molecule has 4 nitrogen and oxygen atoms in total. The van der Waals surface area contributed by atoms with Crippen molar-refractivity contribution in [2.45, 2.75) is 32.4 Å². The summed E-state index contributed by atoms with van der Waals surface area (Å²) < 4.78 is 13.1. The molecule has 0 fully saturated rings. The number of rotatable bonds is 4. The predicted molar refractivity (Wildman–Crippen MR) is 64.0 cm³/mol. The monoisotopic (exact) mass is 240 g/mol. The molecule has 2 unspecified atom stereocenters. The highest BCUT2D eigenvalue weighted by Gasteiger charge is 2.12. The second-order valence-electron chi connectivity index (χ2n) is 4.20. The zero-order chi connectivity index (χ0) is 13.0. The Labute approximate surface area is 99.6 Å². The molecule has 0 aliphatic carbocycles. The number of aliphatic hydroxyl groups is 1. The maximum atomic E-state index is 13.1. The van der Waals surface area contributed by atoms with Crippen molar-refractivity contribution >= 4 is 11.6 Å². The SMILES string of the molecule is CC(O)CC(C)NC(=O)c1ccc(N)c(F)c1. The van der Waals surface area contributed by atoms with Crippen LogP contribution < -0.4 is 11.1 Å². The van der Waals surface area contributed by atoms with Crippen molar-refractivity contribution < 1.29 is 14.3 Å². The smallest absolute Gasteiger partial charge is 0.251 e. The first-order valence-electron chi connectivity index (χ1n) is 5.44. The first-order chi connectivity index (χ1) is 7.90. The Bertz CT molecular complexity index is 407. The summed E-state index contributed by atoms with van der Waals surface area (Å²) in [7, 11) is 0. The van der Waals surface area contributed by atoms with Crippen LogP contribution in [0.25, 0.3) is 0 Å². The largest absolute Gasteiger partial charge is 0.396 e. The minimum atomic E-state index is -0.610. The van der Waals surface area contributed by atoms with Crippen molar-refractivity contribution in [2.75, 3.05) is 5.73 Å². The maximum Gasteiger partial charge on any atom is 0.251 e. The van der Waals surface area contributed by atoms with Crippen molar-refractivity contribution in [3.8, 4) is 0 Å². The number of nitrogens with two attached hydrogens (primary N) is 1. The van der Waals surface area contributed by atoms with Crippen LogP contribution in [0.3, 0.4) is 0 Å². The molecule has 0 bridgehead atoms. The van der Waals surface area contributed by atoms with E-state index in [0.717, 1.165) is 6.07 Å². The van der Waals surface area contributed by atoms with Gasteiger partial charge in [-0.15, -0.1) is 0 Å². The Kier molecular flexibility index (Phi) is 4.45. The molecule has 0 radical (unpaired) electrons. The third kappa shape index (κ3) is 4.03. The lowest BCUT2D eigenvalue weighted by atomic mass is 10.1. The molecule has 0 saturated carbocycles. The zero-order valence-corrected chi connectivity index (χ0v) is 9.90. The van der Waals surface area contributed by atoms with Gasteiger partial charge in [-0.05, 0) is 38.5 Å². The van der Waals surface area contributed by atoms with Crippen molar-refractivity contribution in [1.29, 1.82) is 0 Å². The van der Waals surface area contributed by atoms with E-state index in [1.807, 2.05) is 0 Å². The number of carbonyl (C=O) groups excluding carboxylic acids is 1. The highest BCUT2D eigenvalue weighted by Crippen LogP contribution is 2.12. The van der Waals surface area contributed by atoms with Crippen LogP contribution >= 0.6 is 0 Å². The summed E-state index contributed by atoms with van der Waals surface area (Å²) in [5.74, 6) is -0.988. The van der Waals surface area contributed by atoms with Gasteiger partial charge >= 0.3 is 0 Å². The van der Waals surface area contributed by atoms with E-state index in [2.05, 4.69) is 5.32 Å². The van der Waals surface area contributed by atoms with E-state index in [0.29, 0.717) is 6.42 Å². The molecule has 17 heavy (non-hydrogen) atoms. The molecule has 1 aromatic rings. The molecular formula is C12H17FN2O2. The second kappa shape index (κ2) is 5.63. The molecule has 0 heterocycles. The normalized spacial score (nSPS) is 14.1. The lowest BCUT2D eigenvalue weighted by Crippen LogP contribution is -2.34. The van der Waals surface area contributed by atoms with E-state index in [1.54, 1.807) is 13.8 Å². The van der Waals surface area contributed by atoms with Gasteiger partial charge in [-0.25, -0.2) is 4.39 Å². The number of anilines is 1. The highest BCUT2D eigenvalue weighted by atomic mass is 19.1.